The standard InChI is InChI=1S/C22H27N5O2S/c1-3-14-26-20(29)17-12-8-9-13-18(17)27-21(26)23-24-22(27)30-15-19(28)25(4-2)16-10-6-5-7-11-16/h8-10,12-13H,3-7,11,14-15H2,1-2H3. The predicted octanol–water partition coefficient (Wildman–Crippen LogP) is 3.85. The monoisotopic (exact) mass is 425 g/mol. The first-order valence-corrected chi connectivity index (χ1v) is 11.6. The lowest BCUT2D eigenvalue weighted by atomic mass is 10.0. The number of carbonyl (C=O) groups is 1. The molecule has 158 valence electrons. The quantitative estimate of drug-likeness (QED) is 0.538. The number of hydrogen-bond acceptors (Lipinski definition) is 5. The van der Waals surface area contributed by atoms with E-state index in [0.717, 1.165) is 36.9 Å². The van der Waals surface area contributed by atoms with Gasteiger partial charge in [-0.2, -0.15) is 0 Å². The van der Waals surface area contributed by atoms with Gasteiger partial charge in [-0.25, -0.2) is 0 Å². The Bertz CT molecular complexity index is 1160. The molecule has 1 aliphatic rings. The maximum absolute atomic E-state index is 12.9. The van der Waals surface area contributed by atoms with E-state index in [9.17, 15) is 9.59 Å². The van der Waals surface area contributed by atoms with Crippen molar-refractivity contribution in [3.63, 3.8) is 0 Å². The molecule has 0 unspecified atom stereocenters. The summed E-state index contributed by atoms with van der Waals surface area (Å²) >= 11 is 1.38. The first-order chi connectivity index (χ1) is 14.7. The molecule has 2 heterocycles. The first kappa shape index (κ1) is 20.7. The van der Waals surface area contributed by atoms with E-state index in [1.807, 2.05) is 47.4 Å². The van der Waals surface area contributed by atoms with E-state index in [0.29, 0.717) is 29.4 Å². The summed E-state index contributed by atoms with van der Waals surface area (Å²) in [7, 11) is 0. The van der Waals surface area contributed by atoms with Crippen LogP contribution in [-0.4, -0.2) is 42.3 Å². The maximum Gasteiger partial charge on any atom is 0.262 e. The molecular weight excluding hydrogens is 398 g/mol. The van der Waals surface area contributed by atoms with Crippen molar-refractivity contribution in [1.82, 2.24) is 24.1 Å². The van der Waals surface area contributed by atoms with Crippen LogP contribution in [0.1, 0.15) is 46.0 Å². The lowest BCUT2D eigenvalue weighted by Gasteiger charge is -2.26. The Morgan fingerprint density at radius 3 is 2.77 bits per heavy atom. The smallest absolute Gasteiger partial charge is 0.262 e. The highest BCUT2D eigenvalue weighted by Crippen LogP contribution is 2.25. The summed E-state index contributed by atoms with van der Waals surface area (Å²) in [6, 6.07) is 7.50. The van der Waals surface area contributed by atoms with E-state index in [1.54, 1.807) is 4.57 Å². The zero-order valence-corrected chi connectivity index (χ0v) is 18.3. The highest BCUT2D eigenvalue weighted by atomic mass is 32.2. The Balaban J connectivity index is 1.67. The number of nitrogens with zero attached hydrogens (tertiary/aromatic N) is 5. The fourth-order valence-electron chi connectivity index (χ4n) is 4.06. The van der Waals surface area contributed by atoms with Gasteiger partial charge in [-0.3, -0.25) is 18.6 Å². The summed E-state index contributed by atoms with van der Waals surface area (Å²) in [6.07, 6.45) is 7.36. The molecule has 1 aromatic carbocycles. The molecule has 1 amide bonds. The van der Waals surface area contributed by atoms with Crippen LogP contribution >= 0.6 is 11.8 Å². The molecule has 30 heavy (non-hydrogen) atoms. The number of benzene rings is 1. The van der Waals surface area contributed by atoms with Gasteiger partial charge < -0.3 is 4.90 Å². The molecule has 0 aliphatic heterocycles. The number of thioether (sulfide) groups is 1. The molecule has 4 rings (SSSR count). The van der Waals surface area contributed by atoms with Gasteiger partial charge in [0.1, 0.15) is 0 Å². The number of fused-ring (bicyclic) bond motifs is 3. The zero-order chi connectivity index (χ0) is 21.1. The van der Waals surface area contributed by atoms with Gasteiger partial charge >= 0.3 is 0 Å². The third kappa shape index (κ3) is 3.76. The molecule has 0 fully saturated rings. The Kier molecular flexibility index (Phi) is 6.22. The van der Waals surface area contributed by atoms with E-state index in [1.165, 1.54) is 18.2 Å². The topological polar surface area (TPSA) is 72.5 Å². The lowest BCUT2D eigenvalue weighted by Crippen LogP contribution is -2.32. The van der Waals surface area contributed by atoms with Gasteiger partial charge in [-0.05, 0) is 51.2 Å². The first-order valence-electron chi connectivity index (χ1n) is 10.6. The normalized spacial score (nSPS) is 14.3. The average molecular weight is 426 g/mol. The van der Waals surface area contributed by atoms with Crippen molar-refractivity contribution in [3.8, 4) is 0 Å². The van der Waals surface area contributed by atoms with Crippen LogP contribution in [0.25, 0.3) is 16.7 Å². The van der Waals surface area contributed by atoms with Gasteiger partial charge in [0.2, 0.25) is 11.7 Å². The van der Waals surface area contributed by atoms with Crippen LogP contribution in [0.2, 0.25) is 0 Å². The Morgan fingerprint density at radius 1 is 1.20 bits per heavy atom. The molecule has 1 aliphatic carbocycles. The molecule has 0 spiro atoms. The number of carbonyl (C=O) groups excluding carboxylic acids is 1. The molecular formula is C22H27N5O2S. The van der Waals surface area contributed by atoms with Crippen molar-refractivity contribution < 1.29 is 4.79 Å². The van der Waals surface area contributed by atoms with Gasteiger partial charge in [-0.1, -0.05) is 36.9 Å². The Hall–Kier alpha value is -2.61. The van der Waals surface area contributed by atoms with Crippen LogP contribution in [-0.2, 0) is 11.3 Å². The summed E-state index contributed by atoms with van der Waals surface area (Å²) in [5, 5.41) is 9.90. The minimum Gasteiger partial charge on any atom is -0.316 e. The van der Waals surface area contributed by atoms with E-state index < -0.39 is 0 Å². The fraction of sp³-hybridized carbons (Fsp3) is 0.455. The lowest BCUT2D eigenvalue weighted by molar-refractivity contribution is -0.126. The van der Waals surface area contributed by atoms with Gasteiger partial charge in [0.05, 0.1) is 16.7 Å². The van der Waals surface area contributed by atoms with Gasteiger partial charge in [-0.15, -0.1) is 10.2 Å². The van der Waals surface area contributed by atoms with Crippen molar-refractivity contribution in [2.24, 2.45) is 0 Å². The highest BCUT2D eigenvalue weighted by molar-refractivity contribution is 7.99. The Morgan fingerprint density at radius 2 is 2.03 bits per heavy atom. The predicted molar refractivity (Wildman–Crippen MR) is 120 cm³/mol. The maximum atomic E-state index is 12.9. The fourth-order valence-corrected chi connectivity index (χ4v) is 4.88. The van der Waals surface area contributed by atoms with Crippen LogP contribution in [0.3, 0.4) is 0 Å². The summed E-state index contributed by atoms with van der Waals surface area (Å²) in [5.41, 5.74) is 1.86. The number of allylic oxidation sites excluding steroid dienone is 2. The number of aryl methyl sites for hydroxylation is 1. The third-order valence-electron chi connectivity index (χ3n) is 5.48. The molecule has 0 bridgehead atoms. The minimum atomic E-state index is -0.0543. The van der Waals surface area contributed by atoms with Crippen LogP contribution in [0, 0.1) is 0 Å². The molecule has 0 saturated carbocycles. The summed E-state index contributed by atoms with van der Waals surface area (Å²) in [4.78, 5) is 27.8. The molecule has 0 radical (unpaired) electrons. The average Bonchev–Trinajstić information content (AvgIpc) is 3.20. The Labute approximate surface area is 179 Å². The molecule has 0 atom stereocenters. The van der Waals surface area contributed by atoms with Crippen molar-refractivity contribution in [2.75, 3.05) is 12.3 Å². The van der Waals surface area contributed by atoms with Crippen LogP contribution in [0.5, 0.6) is 0 Å². The second-order valence-corrected chi connectivity index (χ2v) is 8.40. The number of hydrogen-bond donors (Lipinski definition) is 0. The zero-order valence-electron chi connectivity index (χ0n) is 17.5. The third-order valence-corrected chi connectivity index (χ3v) is 6.39. The SMILES string of the molecule is CCCn1c(=O)c2ccccc2n2c(SCC(=O)N(CC)C3=CCCCC3)nnc12. The molecule has 0 saturated heterocycles. The largest absolute Gasteiger partial charge is 0.316 e. The highest BCUT2D eigenvalue weighted by Gasteiger charge is 2.21. The van der Waals surface area contributed by atoms with Crippen molar-refractivity contribution in [3.05, 3.63) is 46.4 Å². The van der Waals surface area contributed by atoms with Gasteiger partial charge in [0.25, 0.3) is 5.56 Å². The molecule has 2 aromatic heterocycles. The van der Waals surface area contributed by atoms with E-state index in [2.05, 4.69) is 16.3 Å². The summed E-state index contributed by atoms with van der Waals surface area (Å²) in [5.74, 6) is 0.893. The van der Waals surface area contributed by atoms with Crippen LogP contribution < -0.4 is 5.56 Å². The molecule has 8 heteroatoms. The summed E-state index contributed by atoms with van der Waals surface area (Å²) < 4.78 is 3.58. The molecule has 0 N–H and O–H groups in total. The van der Waals surface area contributed by atoms with Crippen molar-refractivity contribution in [2.45, 2.75) is 57.7 Å². The number of para-hydroxylation sites is 1. The number of rotatable bonds is 7. The van der Waals surface area contributed by atoms with E-state index >= 15 is 0 Å². The second-order valence-electron chi connectivity index (χ2n) is 7.46. The minimum absolute atomic E-state index is 0.0543. The number of aromatic nitrogens is 4. The van der Waals surface area contributed by atoms with Gasteiger partial charge in [0.15, 0.2) is 5.16 Å². The molecule has 7 nitrogen and oxygen atoms in total. The van der Waals surface area contributed by atoms with Crippen LogP contribution in [0.4, 0.5) is 0 Å². The van der Waals surface area contributed by atoms with Crippen molar-refractivity contribution in [1.29, 1.82) is 0 Å². The molecule has 3 aromatic rings. The van der Waals surface area contributed by atoms with Gasteiger partial charge in [0, 0.05) is 18.8 Å². The number of amides is 1. The van der Waals surface area contributed by atoms with E-state index in [-0.39, 0.29) is 17.2 Å². The van der Waals surface area contributed by atoms with E-state index in [4.69, 9.17) is 0 Å². The van der Waals surface area contributed by atoms with Crippen molar-refractivity contribution >= 4 is 34.3 Å². The second kappa shape index (κ2) is 9.04. The van der Waals surface area contributed by atoms with Crippen LogP contribution in [0.15, 0.2) is 46.0 Å². The summed E-state index contributed by atoms with van der Waals surface area (Å²) in [6.45, 7) is 5.29.